The third kappa shape index (κ3) is 6.65. The molecule has 164 valence electrons. The van der Waals surface area contributed by atoms with E-state index in [4.69, 9.17) is 26.2 Å². The summed E-state index contributed by atoms with van der Waals surface area (Å²) >= 11 is 6.28. The van der Waals surface area contributed by atoms with E-state index in [2.05, 4.69) is 26.5 Å². The lowest BCUT2D eigenvalue weighted by molar-refractivity contribution is -0.133. The predicted molar refractivity (Wildman–Crippen MR) is 114 cm³/mol. The molecule has 10 heteroatoms. The maximum Gasteiger partial charge on any atom is 0.384 e. The Bertz CT molecular complexity index is 977. The van der Waals surface area contributed by atoms with Crippen molar-refractivity contribution in [1.82, 2.24) is 9.97 Å². The van der Waals surface area contributed by atoms with Crippen LogP contribution in [-0.2, 0) is 19.0 Å². The zero-order valence-electron chi connectivity index (χ0n) is 17.3. The zero-order chi connectivity index (χ0) is 22.8. The summed E-state index contributed by atoms with van der Waals surface area (Å²) in [5.41, 5.74) is 1.29. The molecule has 1 heterocycles. The van der Waals surface area contributed by atoms with Crippen molar-refractivity contribution in [2.45, 2.75) is 0 Å². The maximum atomic E-state index is 11.4. The van der Waals surface area contributed by atoms with Gasteiger partial charge in [-0.15, -0.1) is 0 Å². The van der Waals surface area contributed by atoms with Crippen LogP contribution < -0.4 is 4.90 Å². The highest BCUT2D eigenvalue weighted by Crippen LogP contribution is 2.30. The lowest BCUT2D eigenvalue weighted by Crippen LogP contribution is -2.32. The number of aromatic carboxylic acids is 1. The summed E-state index contributed by atoms with van der Waals surface area (Å²) in [7, 11) is 4.39. The van der Waals surface area contributed by atoms with Crippen molar-refractivity contribution in [3.05, 3.63) is 40.7 Å². The summed E-state index contributed by atoms with van der Waals surface area (Å²) in [5.74, 6) is 3.54. The van der Waals surface area contributed by atoms with E-state index in [1.807, 2.05) is 4.90 Å². The van der Waals surface area contributed by atoms with Gasteiger partial charge in [-0.25, -0.2) is 19.6 Å². The van der Waals surface area contributed by atoms with Crippen LogP contribution in [-0.4, -0.2) is 74.6 Å². The number of aromatic nitrogens is 2. The fourth-order valence-electron chi connectivity index (χ4n) is 2.56. The number of carboxylic acid groups (broad SMARTS) is 1. The molecule has 0 unspecified atom stereocenters. The molecule has 31 heavy (non-hydrogen) atoms. The quantitative estimate of drug-likeness (QED) is 0.456. The molecule has 0 saturated heterocycles. The van der Waals surface area contributed by atoms with Crippen molar-refractivity contribution in [1.29, 1.82) is 0 Å². The second kappa shape index (κ2) is 11.9. The van der Waals surface area contributed by atoms with Crippen molar-refractivity contribution in [3.8, 4) is 23.1 Å². The van der Waals surface area contributed by atoms with E-state index in [0.717, 1.165) is 0 Å². The summed E-state index contributed by atoms with van der Waals surface area (Å²) in [6.45, 7) is 1.77. The van der Waals surface area contributed by atoms with Gasteiger partial charge in [0.15, 0.2) is 16.7 Å². The fourth-order valence-corrected chi connectivity index (χ4v) is 2.73. The van der Waals surface area contributed by atoms with E-state index >= 15 is 0 Å². The topological polar surface area (TPSA) is 111 Å². The highest BCUT2D eigenvalue weighted by atomic mass is 35.5. The number of ether oxygens (including phenoxy) is 3. The van der Waals surface area contributed by atoms with E-state index < -0.39 is 11.9 Å². The van der Waals surface area contributed by atoms with Gasteiger partial charge in [-0.3, -0.25) is 0 Å². The first-order valence-electron chi connectivity index (χ1n) is 9.15. The molecule has 2 rings (SSSR count). The van der Waals surface area contributed by atoms with Crippen molar-refractivity contribution in [2.75, 3.05) is 52.5 Å². The molecule has 0 atom stereocenters. The molecule has 1 N–H and O–H groups in total. The van der Waals surface area contributed by atoms with Gasteiger partial charge in [-0.2, -0.15) is 0 Å². The number of hydrogen-bond donors (Lipinski definition) is 1. The number of esters is 1. The first-order valence-corrected chi connectivity index (χ1v) is 9.53. The second-order valence-corrected chi connectivity index (χ2v) is 6.49. The second-order valence-electron chi connectivity index (χ2n) is 6.13. The monoisotopic (exact) mass is 447 g/mol. The number of nitrogens with zero attached hydrogens (tertiary/aromatic N) is 3. The largest absolute Gasteiger partial charge is 0.478 e. The number of anilines is 1. The molecule has 9 nitrogen and oxygen atoms in total. The van der Waals surface area contributed by atoms with Crippen molar-refractivity contribution in [2.24, 2.45) is 0 Å². The Hall–Kier alpha value is -3.19. The molecule has 0 bridgehead atoms. The Labute approximate surface area is 184 Å². The Morgan fingerprint density at radius 3 is 2.19 bits per heavy atom. The summed E-state index contributed by atoms with van der Waals surface area (Å²) in [6.07, 6.45) is 0. The van der Waals surface area contributed by atoms with E-state index in [9.17, 15) is 9.59 Å². The third-order valence-corrected chi connectivity index (χ3v) is 4.40. The minimum Gasteiger partial charge on any atom is -0.478 e. The molecule has 0 aliphatic carbocycles. The Morgan fingerprint density at radius 2 is 1.68 bits per heavy atom. The van der Waals surface area contributed by atoms with Crippen molar-refractivity contribution in [3.63, 3.8) is 0 Å². The zero-order valence-corrected chi connectivity index (χ0v) is 18.1. The van der Waals surface area contributed by atoms with Crippen LogP contribution in [0.25, 0.3) is 11.3 Å². The van der Waals surface area contributed by atoms with Crippen molar-refractivity contribution >= 4 is 29.4 Å². The molecule has 0 aliphatic rings. The number of hydrogen-bond acceptors (Lipinski definition) is 8. The Morgan fingerprint density at radius 1 is 1.06 bits per heavy atom. The molecule has 0 saturated carbocycles. The van der Waals surface area contributed by atoms with Gasteiger partial charge < -0.3 is 24.2 Å². The highest BCUT2D eigenvalue weighted by Gasteiger charge is 2.19. The van der Waals surface area contributed by atoms with E-state index in [0.29, 0.717) is 43.4 Å². The number of rotatable bonds is 9. The van der Waals surface area contributed by atoms with Gasteiger partial charge in [-0.1, -0.05) is 23.7 Å². The van der Waals surface area contributed by atoms with Crippen LogP contribution in [0, 0.1) is 11.8 Å². The van der Waals surface area contributed by atoms with Crippen LogP contribution in [0.15, 0.2) is 24.3 Å². The molecule has 2 aromatic rings. The molecule has 0 amide bonds. The average Bonchev–Trinajstić information content (AvgIpc) is 2.78. The third-order valence-electron chi connectivity index (χ3n) is 4.14. The lowest BCUT2D eigenvalue weighted by Gasteiger charge is -2.25. The Balaban J connectivity index is 2.62. The average molecular weight is 448 g/mol. The van der Waals surface area contributed by atoms with Gasteiger partial charge in [0.1, 0.15) is 5.69 Å². The number of carbonyl (C=O) groups excluding carboxylic acids is 1. The summed E-state index contributed by atoms with van der Waals surface area (Å²) in [6, 6.07) is 6.18. The summed E-state index contributed by atoms with van der Waals surface area (Å²) in [5, 5.41) is 9.15. The molecule has 1 aromatic heterocycles. The first-order chi connectivity index (χ1) is 14.9. The smallest absolute Gasteiger partial charge is 0.384 e. The van der Waals surface area contributed by atoms with Gasteiger partial charge in [0.2, 0.25) is 0 Å². The van der Waals surface area contributed by atoms with Gasteiger partial charge in [0.05, 0.1) is 25.9 Å². The first kappa shape index (κ1) is 24.1. The van der Waals surface area contributed by atoms with E-state index in [1.54, 1.807) is 26.4 Å². The predicted octanol–water partition coefficient (Wildman–Crippen LogP) is 2.12. The number of benzene rings is 1. The van der Waals surface area contributed by atoms with Crippen molar-refractivity contribution < 1.29 is 28.9 Å². The van der Waals surface area contributed by atoms with Crippen LogP contribution in [0.2, 0.25) is 5.15 Å². The SMILES string of the molecule is COCCN(CCOC)c1nc(C#CC(=O)OC)c(Cl)nc1-c1ccc(C(=O)O)cc1. The molecular formula is C21H22ClN3O6. The minimum atomic E-state index is -1.04. The van der Waals surface area contributed by atoms with Gasteiger partial charge in [-0.05, 0) is 18.1 Å². The molecule has 0 spiro atoms. The molecule has 0 radical (unpaired) electrons. The minimum absolute atomic E-state index is 0.00380. The molecule has 0 fully saturated rings. The summed E-state index contributed by atoms with van der Waals surface area (Å²) < 4.78 is 14.9. The standard InChI is InChI=1S/C21H22ClN3O6/c1-29-12-10-25(11-13-30-2)20-18(14-4-6-15(7-5-14)21(27)28)24-19(22)16(23-20)8-9-17(26)31-3/h4-7H,10-13H2,1-3H3,(H,27,28). The van der Waals surface area contributed by atoms with Crippen LogP contribution >= 0.6 is 11.6 Å². The maximum absolute atomic E-state index is 11.4. The van der Waals surface area contributed by atoms with Crippen LogP contribution in [0.5, 0.6) is 0 Å². The fraction of sp³-hybridized carbons (Fsp3) is 0.333. The van der Waals surface area contributed by atoms with Crippen LogP contribution in [0.4, 0.5) is 5.82 Å². The Kier molecular flexibility index (Phi) is 9.21. The normalized spacial score (nSPS) is 10.2. The number of methoxy groups -OCH3 is 3. The van der Waals surface area contributed by atoms with E-state index in [1.165, 1.54) is 19.2 Å². The molecule has 0 aliphatic heterocycles. The summed E-state index contributed by atoms with van der Waals surface area (Å²) in [4.78, 5) is 33.4. The number of carbonyl (C=O) groups is 2. The highest BCUT2D eigenvalue weighted by molar-refractivity contribution is 6.30. The van der Waals surface area contributed by atoms with Gasteiger partial charge in [0, 0.05) is 38.8 Å². The van der Waals surface area contributed by atoms with E-state index in [-0.39, 0.29) is 16.4 Å². The van der Waals surface area contributed by atoms with Gasteiger partial charge >= 0.3 is 11.9 Å². The van der Waals surface area contributed by atoms with Crippen LogP contribution in [0.3, 0.4) is 0 Å². The number of halogens is 1. The molecular weight excluding hydrogens is 426 g/mol. The van der Waals surface area contributed by atoms with Gasteiger partial charge in [0.25, 0.3) is 0 Å². The van der Waals surface area contributed by atoms with Crippen LogP contribution in [0.1, 0.15) is 16.1 Å². The molecule has 1 aromatic carbocycles. The number of carboxylic acids is 1. The lowest BCUT2D eigenvalue weighted by atomic mass is 10.1.